The maximum absolute atomic E-state index is 13.0. The number of aliphatic hydroxyl groups is 1. The van der Waals surface area contributed by atoms with Crippen molar-refractivity contribution in [3.63, 3.8) is 0 Å². The molecule has 0 bridgehead atoms. The van der Waals surface area contributed by atoms with Gasteiger partial charge in [0.1, 0.15) is 0 Å². The minimum Gasteiger partial charge on any atom is -0.387 e. The van der Waals surface area contributed by atoms with E-state index in [1.165, 1.54) is 18.2 Å². The first-order valence-corrected chi connectivity index (χ1v) is 7.37. The summed E-state index contributed by atoms with van der Waals surface area (Å²) in [5.74, 6) is 0. The summed E-state index contributed by atoms with van der Waals surface area (Å²) in [6.07, 6.45) is -2.23. The fraction of sp³-hybridized carbons (Fsp3) is 0.438. The van der Waals surface area contributed by atoms with E-state index in [4.69, 9.17) is 0 Å². The Bertz CT molecular complexity index is 613. The highest BCUT2D eigenvalue weighted by atomic mass is 19.4. The van der Waals surface area contributed by atoms with Gasteiger partial charge < -0.3 is 10.4 Å². The van der Waals surface area contributed by atoms with Gasteiger partial charge >= 0.3 is 6.18 Å². The highest BCUT2D eigenvalue weighted by Gasteiger charge is 2.34. The second-order valence-corrected chi connectivity index (χ2v) is 5.52. The monoisotopic (exact) mass is 327 g/mol. The van der Waals surface area contributed by atoms with Crippen LogP contribution < -0.4 is 5.32 Å². The molecule has 23 heavy (non-hydrogen) atoms. The van der Waals surface area contributed by atoms with Crippen LogP contribution in [0.4, 0.5) is 13.2 Å². The fourth-order valence-electron chi connectivity index (χ4n) is 2.37. The van der Waals surface area contributed by atoms with Gasteiger partial charge in [-0.1, -0.05) is 18.2 Å². The van der Waals surface area contributed by atoms with Crippen molar-refractivity contribution in [2.75, 3.05) is 6.54 Å². The lowest BCUT2D eigenvalue weighted by atomic mass is 10.0. The maximum Gasteiger partial charge on any atom is 0.416 e. The third kappa shape index (κ3) is 4.33. The Morgan fingerprint density at radius 3 is 2.52 bits per heavy atom. The first kappa shape index (κ1) is 17.5. The SMILES string of the molecule is CC(NCC(O)c1ccccc1C(F)(F)F)C(C)n1cccn1. The molecular weight excluding hydrogens is 307 g/mol. The summed E-state index contributed by atoms with van der Waals surface area (Å²) in [5, 5.41) is 17.3. The predicted octanol–water partition coefficient (Wildman–Crippen LogP) is 3.17. The largest absolute Gasteiger partial charge is 0.416 e. The summed E-state index contributed by atoms with van der Waals surface area (Å²) in [5.41, 5.74) is -0.923. The third-order valence-corrected chi connectivity index (χ3v) is 3.92. The number of nitrogens with zero attached hydrogens (tertiary/aromatic N) is 2. The number of aromatic nitrogens is 2. The molecule has 0 radical (unpaired) electrons. The topological polar surface area (TPSA) is 50.1 Å². The number of nitrogens with one attached hydrogen (secondary N) is 1. The Kier molecular flexibility index (Phi) is 5.43. The molecule has 2 N–H and O–H groups in total. The van der Waals surface area contributed by atoms with Crippen molar-refractivity contribution in [2.24, 2.45) is 0 Å². The Labute approximate surface area is 132 Å². The second kappa shape index (κ2) is 7.14. The minimum atomic E-state index is -4.48. The molecule has 3 unspecified atom stereocenters. The van der Waals surface area contributed by atoms with Crippen molar-refractivity contribution in [3.05, 3.63) is 53.9 Å². The van der Waals surface area contributed by atoms with Gasteiger partial charge in [0.05, 0.1) is 17.7 Å². The average Bonchev–Trinajstić information content (AvgIpc) is 3.05. The highest BCUT2D eigenvalue weighted by Crippen LogP contribution is 2.34. The van der Waals surface area contributed by atoms with E-state index >= 15 is 0 Å². The molecule has 0 aliphatic rings. The number of rotatable bonds is 6. The quantitative estimate of drug-likeness (QED) is 0.857. The summed E-state index contributed by atoms with van der Waals surface area (Å²) in [6.45, 7) is 3.87. The zero-order chi connectivity index (χ0) is 17.0. The Hall–Kier alpha value is -1.86. The molecule has 0 aliphatic heterocycles. The molecular formula is C16H20F3N3O. The van der Waals surface area contributed by atoms with E-state index in [1.54, 1.807) is 16.9 Å². The van der Waals surface area contributed by atoms with E-state index in [0.29, 0.717) is 0 Å². The first-order valence-electron chi connectivity index (χ1n) is 7.37. The van der Waals surface area contributed by atoms with Crippen molar-refractivity contribution < 1.29 is 18.3 Å². The van der Waals surface area contributed by atoms with Crippen molar-refractivity contribution in [1.29, 1.82) is 0 Å². The summed E-state index contributed by atoms with van der Waals surface area (Å²) in [6, 6.07) is 6.83. The highest BCUT2D eigenvalue weighted by molar-refractivity contribution is 5.31. The van der Waals surface area contributed by atoms with Gasteiger partial charge in [-0.2, -0.15) is 18.3 Å². The van der Waals surface area contributed by atoms with Crippen LogP contribution in [0.15, 0.2) is 42.7 Å². The lowest BCUT2D eigenvalue weighted by Crippen LogP contribution is -2.36. The Balaban J connectivity index is 2.01. The van der Waals surface area contributed by atoms with Crippen molar-refractivity contribution in [1.82, 2.24) is 15.1 Å². The van der Waals surface area contributed by atoms with E-state index in [0.717, 1.165) is 6.07 Å². The summed E-state index contributed by atoms with van der Waals surface area (Å²) >= 11 is 0. The van der Waals surface area contributed by atoms with Crippen LogP contribution in [0.3, 0.4) is 0 Å². The average molecular weight is 327 g/mol. The second-order valence-electron chi connectivity index (χ2n) is 5.52. The number of halogens is 3. The van der Waals surface area contributed by atoms with E-state index in [1.807, 2.05) is 20.0 Å². The fourth-order valence-corrected chi connectivity index (χ4v) is 2.37. The number of hydrogen-bond acceptors (Lipinski definition) is 3. The number of aliphatic hydroxyl groups excluding tert-OH is 1. The van der Waals surface area contributed by atoms with Crippen molar-refractivity contribution in [2.45, 2.75) is 38.2 Å². The number of hydrogen-bond donors (Lipinski definition) is 2. The van der Waals surface area contributed by atoms with Gasteiger partial charge in [0.2, 0.25) is 0 Å². The molecule has 2 aromatic rings. The van der Waals surface area contributed by atoms with Gasteiger partial charge in [0.25, 0.3) is 0 Å². The molecule has 0 fully saturated rings. The first-order chi connectivity index (χ1) is 10.8. The van der Waals surface area contributed by atoms with Crippen LogP contribution in [0.1, 0.15) is 37.1 Å². The van der Waals surface area contributed by atoms with Crippen molar-refractivity contribution >= 4 is 0 Å². The molecule has 7 heteroatoms. The molecule has 0 amide bonds. The number of benzene rings is 1. The molecule has 0 saturated heterocycles. The maximum atomic E-state index is 13.0. The predicted molar refractivity (Wildman–Crippen MR) is 80.8 cm³/mol. The molecule has 0 saturated carbocycles. The zero-order valence-corrected chi connectivity index (χ0v) is 13.0. The van der Waals surface area contributed by atoms with Crippen molar-refractivity contribution in [3.8, 4) is 0 Å². The lowest BCUT2D eigenvalue weighted by molar-refractivity contribution is -0.139. The van der Waals surface area contributed by atoms with Gasteiger partial charge in [0.15, 0.2) is 0 Å². The van der Waals surface area contributed by atoms with Crippen LogP contribution in [0.2, 0.25) is 0 Å². The molecule has 0 spiro atoms. The van der Waals surface area contributed by atoms with Crippen LogP contribution in [-0.4, -0.2) is 27.5 Å². The Morgan fingerprint density at radius 2 is 1.91 bits per heavy atom. The summed E-state index contributed by atoms with van der Waals surface area (Å²) in [4.78, 5) is 0. The van der Waals surface area contributed by atoms with Crippen LogP contribution >= 0.6 is 0 Å². The smallest absolute Gasteiger partial charge is 0.387 e. The molecule has 4 nitrogen and oxygen atoms in total. The summed E-state index contributed by atoms with van der Waals surface area (Å²) in [7, 11) is 0. The molecule has 0 aliphatic carbocycles. The van der Waals surface area contributed by atoms with E-state index in [2.05, 4.69) is 10.4 Å². The van der Waals surface area contributed by atoms with Gasteiger partial charge in [-0.05, 0) is 31.5 Å². The Morgan fingerprint density at radius 1 is 1.22 bits per heavy atom. The van der Waals surface area contributed by atoms with Crippen LogP contribution in [0, 0.1) is 0 Å². The van der Waals surface area contributed by atoms with E-state index in [9.17, 15) is 18.3 Å². The lowest BCUT2D eigenvalue weighted by Gasteiger charge is -2.24. The third-order valence-electron chi connectivity index (χ3n) is 3.92. The van der Waals surface area contributed by atoms with Gasteiger partial charge in [-0.3, -0.25) is 4.68 Å². The summed E-state index contributed by atoms with van der Waals surface area (Å²) < 4.78 is 40.7. The normalized spacial score (nSPS) is 16.1. The molecule has 1 heterocycles. The molecule has 3 atom stereocenters. The van der Waals surface area contributed by atoms with Gasteiger partial charge in [-0.15, -0.1) is 0 Å². The molecule has 126 valence electrons. The van der Waals surface area contributed by atoms with Gasteiger partial charge in [-0.25, -0.2) is 0 Å². The zero-order valence-electron chi connectivity index (χ0n) is 13.0. The molecule has 2 rings (SSSR count). The standard InChI is InChI=1S/C16H20F3N3O/c1-11(12(2)22-9-5-8-21-22)20-10-15(23)13-6-3-4-7-14(13)16(17,18)19/h3-9,11-12,15,20,23H,10H2,1-2H3. The number of alkyl halides is 3. The van der Waals surface area contributed by atoms with Crippen LogP contribution in [0.25, 0.3) is 0 Å². The molecule has 1 aromatic heterocycles. The van der Waals surface area contributed by atoms with E-state index < -0.39 is 17.8 Å². The molecule has 1 aromatic carbocycles. The minimum absolute atomic E-state index is 0.00931. The van der Waals surface area contributed by atoms with Gasteiger partial charge in [0, 0.05) is 25.0 Å². The van der Waals surface area contributed by atoms with E-state index in [-0.39, 0.29) is 24.2 Å². The van der Waals surface area contributed by atoms with Crippen LogP contribution in [0.5, 0.6) is 0 Å². The van der Waals surface area contributed by atoms with Crippen LogP contribution in [-0.2, 0) is 6.18 Å².